The number of sulfonamides is 1. The van der Waals surface area contributed by atoms with Crippen molar-refractivity contribution in [3.63, 3.8) is 0 Å². The SMILES string of the molecule is CCC(C(=O)NC(C)(C)C)N(Cc1ccccc1Cl)C(=O)CN(c1ccc(OCc2ccccc2)cc1)S(C)(=O)=O. The van der Waals surface area contributed by atoms with Gasteiger partial charge < -0.3 is 15.0 Å². The van der Waals surface area contributed by atoms with Crippen molar-refractivity contribution in [2.45, 2.75) is 58.8 Å². The highest BCUT2D eigenvalue weighted by Gasteiger charge is 2.33. The Morgan fingerprint density at radius 2 is 1.56 bits per heavy atom. The fourth-order valence-corrected chi connectivity index (χ4v) is 5.29. The largest absolute Gasteiger partial charge is 0.489 e. The zero-order valence-electron chi connectivity index (χ0n) is 24.1. The van der Waals surface area contributed by atoms with Crippen LogP contribution in [0.2, 0.25) is 5.02 Å². The fraction of sp³-hybridized carbons (Fsp3) is 0.355. The number of ether oxygens (including phenoxy) is 1. The van der Waals surface area contributed by atoms with Gasteiger partial charge in [0.2, 0.25) is 21.8 Å². The van der Waals surface area contributed by atoms with E-state index in [1.807, 2.05) is 58.0 Å². The maximum absolute atomic E-state index is 13.9. The summed E-state index contributed by atoms with van der Waals surface area (Å²) >= 11 is 6.40. The van der Waals surface area contributed by atoms with Crippen LogP contribution in [0, 0.1) is 0 Å². The van der Waals surface area contributed by atoms with Crippen LogP contribution in [0.4, 0.5) is 5.69 Å². The molecule has 0 bridgehead atoms. The zero-order chi connectivity index (χ0) is 30.2. The highest BCUT2D eigenvalue weighted by molar-refractivity contribution is 7.92. The highest BCUT2D eigenvalue weighted by atomic mass is 35.5. The van der Waals surface area contributed by atoms with Crippen molar-refractivity contribution in [3.05, 3.63) is 95.0 Å². The number of carbonyl (C=O) groups is 2. The van der Waals surface area contributed by atoms with Crippen LogP contribution >= 0.6 is 11.6 Å². The van der Waals surface area contributed by atoms with Gasteiger partial charge in [-0.1, -0.05) is 67.1 Å². The molecule has 0 radical (unpaired) electrons. The zero-order valence-corrected chi connectivity index (χ0v) is 25.7. The first-order valence-corrected chi connectivity index (χ1v) is 15.6. The lowest BCUT2D eigenvalue weighted by molar-refractivity contribution is -0.141. The summed E-state index contributed by atoms with van der Waals surface area (Å²) in [6.45, 7) is 7.29. The van der Waals surface area contributed by atoms with Gasteiger partial charge >= 0.3 is 0 Å². The van der Waals surface area contributed by atoms with Crippen molar-refractivity contribution >= 4 is 39.1 Å². The predicted molar refractivity (Wildman–Crippen MR) is 163 cm³/mol. The van der Waals surface area contributed by atoms with E-state index in [9.17, 15) is 18.0 Å². The van der Waals surface area contributed by atoms with Crippen LogP contribution in [-0.4, -0.2) is 49.5 Å². The van der Waals surface area contributed by atoms with E-state index in [0.717, 1.165) is 16.1 Å². The summed E-state index contributed by atoms with van der Waals surface area (Å²) in [6.07, 6.45) is 1.37. The molecule has 3 rings (SSSR count). The van der Waals surface area contributed by atoms with Crippen molar-refractivity contribution < 1.29 is 22.7 Å². The molecule has 1 atom stereocenters. The molecule has 1 unspecified atom stereocenters. The van der Waals surface area contributed by atoms with E-state index < -0.39 is 34.1 Å². The van der Waals surface area contributed by atoms with Crippen molar-refractivity contribution in [2.75, 3.05) is 17.1 Å². The number of carbonyl (C=O) groups excluding carboxylic acids is 2. The second-order valence-corrected chi connectivity index (χ2v) is 13.1. The number of nitrogens with zero attached hydrogens (tertiary/aromatic N) is 2. The molecule has 41 heavy (non-hydrogen) atoms. The van der Waals surface area contributed by atoms with Gasteiger partial charge in [-0.15, -0.1) is 0 Å². The summed E-state index contributed by atoms with van der Waals surface area (Å²) in [5, 5.41) is 3.39. The average molecular weight is 600 g/mol. The Hall–Kier alpha value is -3.56. The van der Waals surface area contributed by atoms with Gasteiger partial charge in [0.25, 0.3) is 0 Å². The summed E-state index contributed by atoms with van der Waals surface area (Å²) in [6, 6.07) is 22.4. The molecule has 0 heterocycles. The maximum Gasteiger partial charge on any atom is 0.244 e. The average Bonchev–Trinajstić information content (AvgIpc) is 2.90. The van der Waals surface area contributed by atoms with Crippen LogP contribution < -0.4 is 14.4 Å². The molecule has 0 saturated carbocycles. The van der Waals surface area contributed by atoms with E-state index in [-0.39, 0.29) is 12.5 Å². The smallest absolute Gasteiger partial charge is 0.244 e. The van der Waals surface area contributed by atoms with Crippen LogP contribution in [0.3, 0.4) is 0 Å². The second-order valence-electron chi connectivity index (χ2n) is 10.8. The molecule has 0 aliphatic carbocycles. The third kappa shape index (κ3) is 9.50. The molecule has 1 N–H and O–H groups in total. The Morgan fingerprint density at radius 3 is 2.12 bits per heavy atom. The van der Waals surface area contributed by atoms with E-state index >= 15 is 0 Å². The van der Waals surface area contributed by atoms with Gasteiger partial charge in [0, 0.05) is 17.1 Å². The number of nitrogens with one attached hydrogen (secondary N) is 1. The van der Waals surface area contributed by atoms with Crippen molar-refractivity contribution in [2.24, 2.45) is 0 Å². The van der Waals surface area contributed by atoms with Crippen molar-refractivity contribution in [3.8, 4) is 5.75 Å². The molecule has 0 aliphatic rings. The lowest BCUT2D eigenvalue weighted by Gasteiger charge is -2.34. The molecule has 220 valence electrons. The molecule has 3 aromatic carbocycles. The van der Waals surface area contributed by atoms with Crippen LogP contribution in [0.5, 0.6) is 5.75 Å². The van der Waals surface area contributed by atoms with Crippen molar-refractivity contribution in [1.29, 1.82) is 0 Å². The van der Waals surface area contributed by atoms with Gasteiger partial charge in [-0.3, -0.25) is 13.9 Å². The summed E-state index contributed by atoms with van der Waals surface area (Å²) in [5.74, 6) is -0.301. The quantitative estimate of drug-likeness (QED) is 0.300. The number of hydrogen-bond donors (Lipinski definition) is 1. The van der Waals surface area contributed by atoms with Crippen LogP contribution in [0.1, 0.15) is 45.2 Å². The van der Waals surface area contributed by atoms with Crippen molar-refractivity contribution in [1.82, 2.24) is 10.2 Å². The Morgan fingerprint density at radius 1 is 0.951 bits per heavy atom. The number of anilines is 1. The van der Waals surface area contributed by atoms with Crippen LogP contribution in [-0.2, 0) is 32.8 Å². The van der Waals surface area contributed by atoms with Gasteiger partial charge in [0.1, 0.15) is 24.9 Å². The van der Waals surface area contributed by atoms with E-state index in [0.29, 0.717) is 35.1 Å². The maximum atomic E-state index is 13.9. The van der Waals surface area contributed by atoms with E-state index in [1.165, 1.54) is 4.90 Å². The first-order valence-electron chi connectivity index (χ1n) is 13.4. The lowest BCUT2D eigenvalue weighted by atomic mass is 10.1. The number of benzene rings is 3. The molecule has 0 aromatic heterocycles. The molecular weight excluding hydrogens is 562 g/mol. The number of amides is 2. The minimum Gasteiger partial charge on any atom is -0.489 e. The van der Waals surface area contributed by atoms with Gasteiger partial charge in [0.05, 0.1) is 11.9 Å². The third-order valence-corrected chi connectivity index (χ3v) is 7.74. The minimum absolute atomic E-state index is 0.0401. The monoisotopic (exact) mass is 599 g/mol. The number of rotatable bonds is 12. The van der Waals surface area contributed by atoms with Gasteiger partial charge in [-0.05, 0) is 68.7 Å². The molecule has 0 saturated heterocycles. The molecule has 10 heteroatoms. The van der Waals surface area contributed by atoms with Crippen LogP contribution in [0.15, 0.2) is 78.9 Å². The summed E-state index contributed by atoms with van der Waals surface area (Å²) in [4.78, 5) is 28.5. The summed E-state index contributed by atoms with van der Waals surface area (Å²) in [7, 11) is -3.86. The minimum atomic E-state index is -3.86. The van der Waals surface area contributed by atoms with Gasteiger partial charge in [-0.25, -0.2) is 8.42 Å². The second kappa shape index (κ2) is 13.9. The van der Waals surface area contributed by atoms with E-state index in [4.69, 9.17) is 16.3 Å². The van der Waals surface area contributed by atoms with E-state index in [1.54, 1.807) is 48.5 Å². The first kappa shape index (κ1) is 32.0. The Kier molecular flexibility index (Phi) is 10.8. The molecule has 0 fully saturated rings. The molecular formula is C31H38ClN3O5S. The molecule has 0 spiro atoms. The Bertz CT molecular complexity index is 1420. The topological polar surface area (TPSA) is 96.0 Å². The summed E-state index contributed by atoms with van der Waals surface area (Å²) in [5.41, 5.74) is 1.43. The first-order chi connectivity index (χ1) is 19.3. The normalized spacial score (nSPS) is 12.3. The standard InChI is InChI=1S/C31H38ClN3O5S/c1-6-28(30(37)33-31(2,3)4)34(20-24-14-10-11-15-27(24)32)29(36)21-35(41(5,38)39)25-16-18-26(19-17-25)40-22-23-12-8-7-9-13-23/h7-19,28H,6,20-22H2,1-5H3,(H,33,37). The van der Waals surface area contributed by atoms with Gasteiger partial charge in [-0.2, -0.15) is 0 Å². The predicted octanol–water partition coefficient (Wildman–Crippen LogP) is 5.41. The van der Waals surface area contributed by atoms with Crippen LogP contribution in [0.25, 0.3) is 0 Å². The fourth-order valence-electron chi connectivity index (χ4n) is 4.25. The summed E-state index contributed by atoms with van der Waals surface area (Å²) < 4.78 is 32.6. The van der Waals surface area contributed by atoms with Gasteiger partial charge in [0.15, 0.2) is 0 Å². The molecule has 8 nitrogen and oxygen atoms in total. The van der Waals surface area contributed by atoms with E-state index in [2.05, 4.69) is 5.32 Å². The highest BCUT2D eigenvalue weighted by Crippen LogP contribution is 2.25. The molecule has 3 aromatic rings. The Labute approximate surface area is 248 Å². The molecule has 0 aliphatic heterocycles. The number of hydrogen-bond acceptors (Lipinski definition) is 5. The Balaban J connectivity index is 1.87. The lowest BCUT2D eigenvalue weighted by Crippen LogP contribution is -2.55. The number of halogens is 1. The third-order valence-electron chi connectivity index (χ3n) is 6.23. The molecule has 2 amide bonds.